The highest BCUT2D eigenvalue weighted by Gasteiger charge is 2.16. The number of rotatable bonds is 3. The van der Waals surface area contributed by atoms with Gasteiger partial charge in [-0.3, -0.25) is 9.48 Å². The summed E-state index contributed by atoms with van der Waals surface area (Å²) < 4.78 is 3.03. The summed E-state index contributed by atoms with van der Waals surface area (Å²) in [5, 5.41) is 9.07. The summed E-state index contributed by atoms with van der Waals surface area (Å²) in [6, 6.07) is 1.65. The van der Waals surface area contributed by atoms with Crippen LogP contribution in [0.25, 0.3) is 0 Å². The van der Waals surface area contributed by atoms with E-state index in [2.05, 4.69) is 15.1 Å². The Kier molecular flexibility index (Phi) is 3.71. The monoisotopic (exact) mass is 307 g/mol. The van der Waals surface area contributed by atoms with Gasteiger partial charge in [0.15, 0.2) is 0 Å². The van der Waals surface area contributed by atoms with Crippen LogP contribution in [0.3, 0.4) is 0 Å². The molecule has 1 aliphatic rings. The molecule has 3 rings (SSSR count). The normalized spacial score (nSPS) is 14.9. The molecule has 0 N–H and O–H groups in total. The van der Waals surface area contributed by atoms with Gasteiger partial charge in [0.2, 0.25) is 0 Å². The minimum Gasteiger partial charge on any atom is -0.370 e. The predicted octanol–water partition coefficient (Wildman–Crippen LogP) is 1.59. The van der Waals surface area contributed by atoms with Crippen LogP contribution in [-0.4, -0.2) is 32.7 Å². The van der Waals surface area contributed by atoms with Gasteiger partial charge in [0.1, 0.15) is 5.15 Å². The smallest absolute Gasteiger partial charge is 0.269 e. The molecule has 0 atom stereocenters. The predicted molar refractivity (Wildman–Crippen MR) is 82.0 cm³/mol. The molecule has 0 aliphatic carbocycles. The van der Waals surface area contributed by atoms with Crippen LogP contribution < -0.4 is 10.5 Å². The van der Waals surface area contributed by atoms with Crippen LogP contribution in [0, 0.1) is 6.92 Å². The maximum atomic E-state index is 12.2. The van der Waals surface area contributed by atoms with E-state index in [-0.39, 0.29) is 5.56 Å². The third-order valence-corrected chi connectivity index (χ3v) is 4.38. The molecule has 0 aromatic carbocycles. The third kappa shape index (κ3) is 2.68. The molecule has 2 aromatic rings. The lowest BCUT2D eigenvalue weighted by Gasteiger charge is -2.17. The van der Waals surface area contributed by atoms with Gasteiger partial charge in [-0.15, -0.1) is 0 Å². The van der Waals surface area contributed by atoms with Crippen molar-refractivity contribution in [2.24, 2.45) is 7.05 Å². The summed E-state index contributed by atoms with van der Waals surface area (Å²) in [5.74, 6) is 0. The lowest BCUT2D eigenvalue weighted by molar-refractivity contribution is 0.635. The van der Waals surface area contributed by atoms with Crippen LogP contribution in [0.15, 0.2) is 17.1 Å². The first-order valence-corrected chi connectivity index (χ1v) is 7.44. The summed E-state index contributed by atoms with van der Waals surface area (Å²) in [6.07, 6.45) is 4.10. The van der Waals surface area contributed by atoms with E-state index in [4.69, 9.17) is 11.6 Å². The largest absolute Gasteiger partial charge is 0.370 e. The van der Waals surface area contributed by atoms with Crippen molar-refractivity contribution in [1.29, 1.82) is 0 Å². The molecule has 0 bridgehead atoms. The van der Waals surface area contributed by atoms with Crippen molar-refractivity contribution < 1.29 is 0 Å². The Balaban J connectivity index is 1.88. The average molecular weight is 308 g/mol. The number of nitrogens with zero attached hydrogens (tertiary/aromatic N) is 5. The number of anilines is 1. The Morgan fingerprint density at radius 1 is 1.33 bits per heavy atom. The molecule has 0 radical (unpaired) electrons. The quantitative estimate of drug-likeness (QED) is 0.864. The second kappa shape index (κ2) is 5.52. The second-order valence-corrected chi connectivity index (χ2v) is 5.74. The van der Waals surface area contributed by atoms with Gasteiger partial charge >= 0.3 is 0 Å². The fourth-order valence-electron chi connectivity index (χ4n) is 2.69. The topological polar surface area (TPSA) is 56.0 Å². The number of halogens is 1. The first-order chi connectivity index (χ1) is 10.1. The van der Waals surface area contributed by atoms with E-state index >= 15 is 0 Å². The Hall–Kier alpha value is -1.82. The minimum absolute atomic E-state index is 0.112. The highest BCUT2D eigenvalue weighted by atomic mass is 35.5. The Morgan fingerprint density at radius 2 is 2.05 bits per heavy atom. The summed E-state index contributed by atoms with van der Waals surface area (Å²) in [4.78, 5) is 14.4. The van der Waals surface area contributed by atoms with Crippen molar-refractivity contribution in [1.82, 2.24) is 19.6 Å². The third-order valence-electron chi connectivity index (χ3n) is 3.90. The van der Waals surface area contributed by atoms with Gasteiger partial charge in [0, 0.05) is 31.8 Å². The molecule has 7 heteroatoms. The molecular formula is C14H18ClN5O. The van der Waals surface area contributed by atoms with Crippen molar-refractivity contribution in [2.45, 2.75) is 26.3 Å². The molecule has 0 unspecified atom stereocenters. The zero-order valence-corrected chi connectivity index (χ0v) is 13.0. The Bertz CT molecular complexity index is 715. The van der Waals surface area contributed by atoms with E-state index in [1.54, 1.807) is 24.0 Å². The van der Waals surface area contributed by atoms with Crippen molar-refractivity contribution in [3.8, 4) is 0 Å². The van der Waals surface area contributed by atoms with E-state index in [9.17, 15) is 4.79 Å². The van der Waals surface area contributed by atoms with Crippen molar-refractivity contribution in [3.05, 3.63) is 39.0 Å². The zero-order valence-electron chi connectivity index (χ0n) is 12.2. The molecule has 112 valence electrons. The van der Waals surface area contributed by atoms with Crippen LogP contribution >= 0.6 is 11.6 Å². The average Bonchev–Trinajstić information content (AvgIpc) is 3.05. The molecule has 1 fully saturated rings. The molecule has 21 heavy (non-hydrogen) atoms. The van der Waals surface area contributed by atoms with Crippen molar-refractivity contribution >= 4 is 17.3 Å². The molecule has 1 aliphatic heterocycles. The Labute approximate surface area is 127 Å². The van der Waals surface area contributed by atoms with Crippen molar-refractivity contribution in [2.75, 3.05) is 18.0 Å². The van der Waals surface area contributed by atoms with Crippen LogP contribution in [-0.2, 0) is 13.6 Å². The lowest BCUT2D eigenvalue weighted by atomic mass is 10.2. The molecule has 2 aromatic heterocycles. The Morgan fingerprint density at radius 3 is 2.62 bits per heavy atom. The number of hydrogen-bond acceptors (Lipinski definition) is 4. The van der Waals surface area contributed by atoms with E-state index < -0.39 is 0 Å². The molecule has 0 amide bonds. The highest BCUT2D eigenvalue weighted by molar-refractivity contribution is 6.30. The van der Waals surface area contributed by atoms with E-state index in [0.717, 1.165) is 30.0 Å². The van der Waals surface area contributed by atoms with E-state index in [1.807, 2.05) is 6.92 Å². The maximum absolute atomic E-state index is 12.2. The fraction of sp³-hybridized carbons (Fsp3) is 0.500. The number of aryl methyl sites for hydroxylation is 2. The molecule has 6 nitrogen and oxygen atoms in total. The first kappa shape index (κ1) is 14.1. The first-order valence-electron chi connectivity index (χ1n) is 7.06. The van der Waals surface area contributed by atoms with Gasteiger partial charge in [-0.05, 0) is 19.8 Å². The molecular weight excluding hydrogens is 290 g/mol. The highest BCUT2D eigenvalue weighted by Crippen LogP contribution is 2.20. The van der Waals surface area contributed by atoms with Gasteiger partial charge < -0.3 is 4.90 Å². The minimum atomic E-state index is -0.112. The zero-order chi connectivity index (χ0) is 15.0. The van der Waals surface area contributed by atoms with Crippen LogP contribution in [0.5, 0.6) is 0 Å². The van der Waals surface area contributed by atoms with E-state index in [1.165, 1.54) is 17.5 Å². The summed E-state index contributed by atoms with van der Waals surface area (Å²) in [5.41, 5.74) is 2.45. The summed E-state index contributed by atoms with van der Waals surface area (Å²) in [7, 11) is 1.78. The van der Waals surface area contributed by atoms with Crippen LogP contribution in [0.4, 0.5) is 5.69 Å². The molecule has 0 saturated carbocycles. The summed E-state index contributed by atoms with van der Waals surface area (Å²) in [6.45, 7) is 4.22. The number of aromatic nitrogens is 4. The van der Waals surface area contributed by atoms with Gasteiger partial charge in [0.05, 0.1) is 24.1 Å². The fourth-order valence-corrected chi connectivity index (χ4v) is 2.93. The number of hydrogen-bond donors (Lipinski definition) is 0. The van der Waals surface area contributed by atoms with Gasteiger partial charge in [-0.1, -0.05) is 11.6 Å². The SMILES string of the molecule is Cc1nn(C)c(Cl)c1Cn1ncc(N2CCCC2)cc1=O. The molecule has 0 spiro atoms. The van der Waals surface area contributed by atoms with Crippen molar-refractivity contribution in [3.63, 3.8) is 0 Å². The van der Waals surface area contributed by atoms with Gasteiger partial charge in [-0.2, -0.15) is 10.2 Å². The lowest BCUT2D eigenvalue weighted by Crippen LogP contribution is -2.26. The standard InChI is InChI=1S/C14H18ClN5O/c1-10-12(14(15)18(2)17-10)9-20-13(21)7-11(8-16-20)19-5-3-4-6-19/h7-8H,3-6,9H2,1-2H3. The van der Waals surface area contributed by atoms with Crippen LogP contribution in [0.2, 0.25) is 5.15 Å². The van der Waals surface area contributed by atoms with Gasteiger partial charge in [-0.25, -0.2) is 4.68 Å². The molecule has 3 heterocycles. The van der Waals surface area contributed by atoms with E-state index in [0.29, 0.717) is 11.7 Å². The van der Waals surface area contributed by atoms with Crippen LogP contribution in [0.1, 0.15) is 24.1 Å². The second-order valence-electron chi connectivity index (χ2n) is 5.38. The molecule has 1 saturated heterocycles. The van der Waals surface area contributed by atoms with Gasteiger partial charge in [0.25, 0.3) is 5.56 Å². The maximum Gasteiger partial charge on any atom is 0.269 e. The summed E-state index contributed by atoms with van der Waals surface area (Å²) >= 11 is 6.20.